The quantitative estimate of drug-likeness (QED) is 0.590. The molecule has 2 N–H and O–H groups in total. The van der Waals surface area contributed by atoms with Crippen LogP contribution in [0.15, 0.2) is 48.5 Å². The molecule has 0 fully saturated rings. The van der Waals surface area contributed by atoms with Crippen molar-refractivity contribution in [1.29, 1.82) is 0 Å². The highest BCUT2D eigenvalue weighted by molar-refractivity contribution is 7.92. The zero-order valence-electron chi connectivity index (χ0n) is 15.1. The molecular weight excluding hydrogens is 430 g/mol. The van der Waals surface area contributed by atoms with Gasteiger partial charge in [-0.1, -0.05) is 5.21 Å². The van der Waals surface area contributed by atoms with Crippen LogP contribution in [0.5, 0.6) is 0 Å². The maximum atomic E-state index is 13.6. The van der Waals surface area contributed by atoms with Gasteiger partial charge in [0.05, 0.1) is 11.9 Å². The van der Waals surface area contributed by atoms with Gasteiger partial charge in [0, 0.05) is 11.4 Å². The third-order valence-electron chi connectivity index (χ3n) is 3.67. The zero-order valence-corrected chi connectivity index (χ0v) is 15.9. The average Bonchev–Trinajstić information content (AvgIpc) is 3.08. The molecule has 0 radical (unpaired) electrons. The lowest BCUT2D eigenvalue weighted by atomic mass is 10.2. The first-order valence-electron chi connectivity index (χ1n) is 8.12. The molecule has 3 aromatic rings. The fourth-order valence-electron chi connectivity index (χ4n) is 2.48. The number of carbonyl (C=O) groups excluding carboxylic acids is 1. The fourth-order valence-corrected chi connectivity index (χ4v) is 3.04. The monoisotopic (exact) mass is 443 g/mol. The molecule has 1 amide bonds. The molecule has 0 bridgehead atoms. The van der Waals surface area contributed by atoms with Gasteiger partial charge in [-0.25, -0.2) is 17.5 Å². The number of hydrogen-bond donors (Lipinski definition) is 2. The number of halogens is 4. The average molecular weight is 443 g/mol. The summed E-state index contributed by atoms with van der Waals surface area (Å²) in [6.45, 7) is 0. The van der Waals surface area contributed by atoms with Crippen molar-refractivity contribution >= 4 is 27.3 Å². The van der Waals surface area contributed by atoms with E-state index < -0.39 is 39.3 Å². The number of hydrogen-bond acceptors (Lipinski definition) is 5. The van der Waals surface area contributed by atoms with E-state index in [9.17, 15) is 30.8 Å². The van der Waals surface area contributed by atoms with Crippen molar-refractivity contribution in [2.24, 2.45) is 0 Å². The Morgan fingerprint density at radius 1 is 1.00 bits per heavy atom. The van der Waals surface area contributed by atoms with E-state index in [1.165, 1.54) is 24.3 Å². The number of nitrogens with zero attached hydrogens (tertiary/aromatic N) is 3. The van der Waals surface area contributed by atoms with Crippen molar-refractivity contribution in [1.82, 2.24) is 15.0 Å². The summed E-state index contributed by atoms with van der Waals surface area (Å²) in [5.41, 5.74) is -2.24. The Morgan fingerprint density at radius 2 is 1.57 bits per heavy atom. The number of amides is 1. The van der Waals surface area contributed by atoms with E-state index in [0.29, 0.717) is 4.68 Å². The van der Waals surface area contributed by atoms with E-state index in [1.54, 1.807) is 0 Å². The van der Waals surface area contributed by atoms with Gasteiger partial charge in [0.2, 0.25) is 10.0 Å². The fraction of sp³-hybridized carbons (Fsp3) is 0.118. The first-order chi connectivity index (χ1) is 13.9. The van der Waals surface area contributed by atoms with Crippen LogP contribution in [0.1, 0.15) is 16.2 Å². The van der Waals surface area contributed by atoms with Crippen molar-refractivity contribution in [2.45, 2.75) is 6.18 Å². The summed E-state index contributed by atoms with van der Waals surface area (Å²) in [7, 11) is -3.51. The SMILES string of the molecule is CS(=O)(=O)Nc1ccc(NC(=O)c2nnn(-c3ccc(F)cc3)c2C(F)(F)F)cc1. The molecule has 0 spiro atoms. The van der Waals surface area contributed by atoms with Crippen LogP contribution in [-0.4, -0.2) is 35.6 Å². The van der Waals surface area contributed by atoms with Gasteiger partial charge in [-0.15, -0.1) is 5.10 Å². The molecule has 2 aromatic carbocycles. The topological polar surface area (TPSA) is 106 Å². The highest BCUT2D eigenvalue weighted by Crippen LogP contribution is 2.33. The van der Waals surface area contributed by atoms with Crippen LogP contribution >= 0.6 is 0 Å². The molecule has 1 aromatic heterocycles. The number of anilines is 2. The molecule has 8 nitrogen and oxygen atoms in total. The lowest BCUT2D eigenvalue weighted by Crippen LogP contribution is -2.21. The van der Waals surface area contributed by atoms with Crippen LogP contribution in [0.2, 0.25) is 0 Å². The van der Waals surface area contributed by atoms with E-state index in [-0.39, 0.29) is 17.1 Å². The number of aromatic nitrogens is 3. The lowest BCUT2D eigenvalue weighted by molar-refractivity contribution is -0.143. The maximum Gasteiger partial charge on any atom is 0.435 e. The van der Waals surface area contributed by atoms with Crippen LogP contribution in [0, 0.1) is 5.82 Å². The number of sulfonamides is 1. The second kappa shape index (κ2) is 7.74. The van der Waals surface area contributed by atoms with Gasteiger partial charge in [0.25, 0.3) is 5.91 Å². The minimum Gasteiger partial charge on any atom is -0.321 e. The normalized spacial score (nSPS) is 11.9. The summed E-state index contributed by atoms with van der Waals surface area (Å²) < 4.78 is 78.8. The molecule has 0 aliphatic carbocycles. The van der Waals surface area contributed by atoms with Crippen LogP contribution in [0.25, 0.3) is 5.69 Å². The minimum atomic E-state index is -4.98. The van der Waals surface area contributed by atoms with Crippen molar-refractivity contribution in [2.75, 3.05) is 16.3 Å². The van der Waals surface area contributed by atoms with E-state index in [2.05, 4.69) is 20.4 Å². The Balaban J connectivity index is 1.90. The number of rotatable bonds is 5. The predicted molar refractivity (Wildman–Crippen MR) is 99.2 cm³/mol. The second-order valence-corrected chi connectivity index (χ2v) is 7.83. The summed E-state index contributed by atoms with van der Waals surface area (Å²) in [5.74, 6) is -1.83. The van der Waals surface area contributed by atoms with Crippen molar-refractivity contribution in [3.05, 3.63) is 65.7 Å². The van der Waals surface area contributed by atoms with Crippen molar-refractivity contribution in [3.8, 4) is 5.69 Å². The van der Waals surface area contributed by atoms with Gasteiger partial charge in [-0.05, 0) is 48.5 Å². The third kappa shape index (κ3) is 4.92. The first-order valence-corrected chi connectivity index (χ1v) is 10.0. The van der Waals surface area contributed by atoms with Crippen LogP contribution in [-0.2, 0) is 16.2 Å². The lowest BCUT2D eigenvalue weighted by Gasteiger charge is -2.11. The number of carbonyl (C=O) groups is 1. The Bertz CT molecular complexity index is 1170. The van der Waals surface area contributed by atoms with Gasteiger partial charge in [-0.2, -0.15) is 13.2 Å². The van der Waals surface area contributed by atoms with Crippen LogP contribution in [0.4, 0.5) is 28.9 Å². The van der Waals surface area contributed by atoms with Gasteiger partial charge in [0.1, 0.15) is 5.82 Å². The van der Waals surface area contributed by atoms with E-state index in [4.69, 9.17) is 0 Å². The molecular formula is C17H13F4N5O3S. The highest BCUT2D eigenvalue weighted by atomic mass is 32.2. The van der Waals surface area contributed by atoms with Crippen LogP contribution < -0.4 is 10.0 Å². The third-order valence-corrected chi connectivity index (χ3v) is 4.28. The number of benzene rings is 2. The molecule has 158 valence electrons. The summed E-state index contributed by atoms with van der Waals surface area (Å²) >= 11 is 0. The maximum absolute atomic E-state index is 13.6. The highest BCUT2D eigenvalue weighted by Gasteiger charge is 2.42. The van der Waals surface area contributed by atoms with Gasteiger partial charge < -0.3 is 5.32 Å². The summed E-state index contributed by atoms with van der Waals surface area (Å²) in [6.07, 6.45) is -4.03. The Kier molecular flexibility index (Phi) is 5.48. The smallest absolute Gasteiger partial charge is 0.321 e. The van der Waals surface area contributed by atoms with Crippen molar-refractivity contribution < 1.29 is 30.8 Å². The van der Waals surface area contributed by atoms with Crippen LogP contribution in [0.3, 0.4) is 0 Å². The van der Waals surface area contributed by atoms with Gasteiger partial charge >= 0.3 is 6.18 Å². The van der Waals surface area contributed by atoms with Gasteiger partial charge in [-0.3, -0.25) is 9.52 Å². The Morgan fingerprint density at radius 3 is 2.10 bits per heavy atom. The zero-order chi connectivity index (χ0) is 22.1. The molecule has 0 aliphatic heterocycles. The standard InChI is InChI=1S/C17H13F4N5O3S/c1-30(28,29)24-12-6-4-11(5-7-12)22-16(27)14-15(17(19,20)21)26(25-23-14)13-8-2-10(18)3-9-13/h2-9,24H,1H3,(H,22,27). The molecule has 13 heteroatoms. The molecule has 0 saturated heterocycles. The summed E-state index contributed by atoms with van der Waals surface area (Å²) in [5, 5.41) is 8.97. The molecule has 1 heterocycles. The molecule has 0 atom stereocenters. The predicted octanol–water partition coefficient (Wildman–Crippen LogP) is 3.05. The van der Waals surface area contributed by atoms with Gasteiger partial charge in [0.15, 0.2) is 11.4 Å². The molecule has 30 heavy (non-hydrogen) atoms. The number of alkyl halides is 3. The summed E-state index contributed by atoms with van der Waals surface area (Å²) in [4.78, 5) is 12.4. The second-order valence-electron chi connectivity index (χ2n) is 6.08. The van der Waals surface area contributed by atoms with E-state index in [1.807, 2.05) is 0 Å². The van der Waals surface area contributed by atoms with E-state index in [0.717, 1.165) is 30.5 Å². The van der Waals surface area contributed by atoms with E-state index >= 15 is 0 Å². The molecule has 3 rings (SSSR count). The molecule has 0 saturated carbocycles. The molecule has 0 aliphatic rings. The Hall–Kier alpha value is -3.48. The number of nitrogens with one attached hydrogen (secondary N) is 2. The summed E-state index contributed by atoms with van der Waals surface area (Å²) in [6, 6.07) is 9.24. The Labute approximate surface area is 167 Å². The first kappa shape index (κ1) is 21.2. The van der Waals surface area contributed by atoms with Crippen molar-refractivity contribution in [3.63, 3.8) is 0 Å². The minimum absolute atomic E-state index is 0.100. The molecule has 0 unspecified atom stereocenters. The largest absolute Gasteiger partial charge is 0.435 e.